The summed E-state index contributed by atoms with van der Waals surface area (Å²) in [5, 5.41) is 9.57. The van der Waals surface area contributed by atoms with Gasteiger partial charge in [0.05, 0.1) is 24.7 Å². The Kier molecular flexibility index (Phi) is 6.98. The zero-order valence-corrected chi connectivity index (χ0v) is 19.4. The predicted molar refractivity (Wildman–Crippen MR) is 127 cm³/mol. The number of nitrogens with zero attached hydrogens (tertiary/aromatic N) is 4. The van der Waals surface area contributed by atoms with E-state index in [4.69, 9.17) is 9.15 Å². The maximum atomic E-state index is 13.9. The number of rotatable bonds is 6. The Morgan fingerprint density at radius 1 is 1.09 bits per heavy atom. The van der Waals surface area contributed by atoms with E-state index in [-0.39, 0.29) is 46.6 Å². The molecule has 2 aromatic carbocycles. The molecule has 10 heteroatoms. The molecule has 35 heavy (non-hydrogen) atoms. The molecule has 0 aliphatic carbocycles. The molecule has 0 atom stereocenters. The molecule has 1 aliphatic rings. The topological polar surface area (TPSA) is 90.0 Å². The summed E-state index contributed by atoms with van der Waals surface area (Å²) in [5.41, 5.74) is 0.749. The van der Waals surface area contributed by atoms with Gasteiger partial charge in [0.1, 0.15) is 23.8 Å². The number of benzene rings is 2. The van der Waals surface area contributed by atoms with E-state index < -0.39 is 11.6 Å². The van der Waals surface area contributed by atoms with Gasteiger partial charge in [-0.15, -0.1) is 0 Å². The van der Waals surface area contributed by atoms with E-state index in [2.05, 4.69) is 0 Å². The molecule has 0 N–H and O–H groups in total. The van der Waals surface area contributed by atoms with Gasteiger partial charge in [0, 0.05) is 62.7 Å². The molecular weight excluding hydrogens is 458 g/mol. The van der Waals surface area contributed by atoms with Crippen LogP contribution in [0.3, 0.4) is 0 Å². The molecule has 1 aliphatic heterocycles. The Hall–Kier alpha value is -3.97. The maximum absolute atomic E-state index is 13.9. The number of hydrogen-bond acceptors (Lipinski definition) is 7. The van der Waals surface area contributed by atoms with E-state index in [1.165, 1.54) is 21.9 Å². The van der Waals surface area contributed by atoms with Gasteiger partial charge in [-0.3, -0.25) is 9.59 Å². The third-order valence-electron chi connectivity index (χ3n) is 5.70. The lowest BCUT2D eigenvalue weighted by Gasteiger charge is -2.28. The van der Waals surface area contributed by atoms with E-state index in [9.17, 15) is 23.6 Å². The first-order valence-electron chi connectivity index (χ1n) is 11.0. The van der Waals surface area contributed by atoms with Crippen molar-refractivity contribution in [2.75, 3.05) is 56.7 Å². The van der Waals surface area contributed by atoms with E-state index in [1.807, 2.05) is 11.0 Å². The zero-order chi connectivity index (χ0) is 25.1. The highest BCUT2D eigenvalue weighted by Crippen LogP contribution is 2.28. The van der Waals surface area contributed by atoms with E-state index >= 15 is 0 Å². The first-order chi connectivity index (χ1) is 16.8. The smallest absolute Gasteiger partial charge is 0.253 e. The molecule has 2 heterocycles. The van der Waals surface area contributed by atoms with Crippen LogP contribution in [-0.4, -0.2) is 57.8 Å². The summed E-state index contributed by atoms with van der Waals surface area (Å²) in [7, 11) is 3.18. The standard InChI is InChI=1S/C25H24F2N4O4/c1-29(2)25(33)16-9-17(15-31(4-3-28)20-12-18(26)11-19(27)13-20)24-21(10-16)22(32)14-23(35-24)30-5-7-34-8-6-30/h9-14H,4-8,15H2,1-2H3. The van der Waals surface area contributed by atoms with Gasteiger partial charge in [-0.25, -0.2) is 8.78 Å². The minimum Gasteiger partial charge on any atom is -0.440 e. The summed E-state index contributed by atoms with van der Waals surface area (Å²) >= 11 is 0. The fourth-order valence-electron chi connectivity index (χ4n) is 4.01. The molecule has 182 valence electrons. The van der Waals surface area contributed by atoms with E-state index in [0.29, 0.717) is 37.8 Å². The highest BCUT2D eigenvalue weighted by atomic mass is 19.1. The number of halogens is 2. The van der Waals surface area contributed by atoms with Gasteiger partial charge in [-0.1, -0.05) is 0 Å². The molecule has 0 radical (unpaired) electrons. The molecule has 0 bridgehead atoms. The molecular formula is C25H24F2N4O4. The van der Waals surface area contributed by atoms with E-state index in [0.717, 1.165) is 18.2 Å². The number of carbonyl (C=O) groups is 1. The third-order valence-corrected chi connectivity index (χ3v) is 5.70. The minimum absolute atomic E-state index is 0.0307. The fourth-order valence-corrected chi connectivity index (χ4v) is 4.01. The molecule has 1 amide bonds. The normalized spacial score (nSPS) is 13.5. The number of amides is 1. The lowest BCUT2D eigenvalue weighted by atomic mass is 10.0. The first kappa shape index (κ1) is 24.2. The van der Waals surface area contributed by atoms with Crippen molar-refractivity contribution in [1.29, 1.82) is 5.26 Å². The van der Waals surface area contributed by atoms with Crippen LogP contribution in [-0.2, 0) is 11.3 Å². The summed E-state index contributed by atoms with van der Waals surface area (Å²) in [5.74, 6) is -1.54. The van der Waals surface area contributed by atoms with Crippen LogP contribution >= 0.6 is 0 Å². The maximum Gasteiger partial charge on any atom is 0.253 e. The van der Waals surface area contributed by atoms with Crippen LogP contribution in [0.1, 0.15) is 15.9 Å². The first-order valence-corrected chi connectivity index (χ1v) is 11.0. The quantitative estimate of drug-likeness (QED) is 0.499. The van der Waals surface area contributed by atoms with Crippen molar-refractivity contribution < 1.29 is 22.7 Å². The number of carbonyl (C=O) groups excluding carboxylic acids is 1. The highest BCUT2D eigenvalue weighted by Gasteiger charge is 2.21. The zero-order valence-electron chi connectivity index (χ0n) is 19.4. The molecule has 8 nitrogen and oxygen atoms in total. The van der Waals surface area contributed by atoms with Crippen LogP contribution in [0.25, 0.3) is 11.0 Å². The van der Waals surface area contributed by atoms with Crippen LogP contribution < -0.4 is 15.2 Å². The largest absolute Gasteiger partial charge is 0.440 e. The number of hydrogen-bond donors (Lipinski definition) is 0. The van der Waals surface area contributed by atoms with Crippen LogP contribution in [0.5, 0.6) is 0 Å². The minimum atomic E-state index is -0.787. The summed E-state index contributed by atoms with van der Waals surface area (Å²) in [6.45, 7) is 1.85. The highest BCUT2D eigenvalue weighted by molar-refractivity contribution is 5.98. The van der Waals surface area contributed by atoms with Gasteiger partial charge >= 0.3 is 0 Å². The van der Waals surface area contributed by atoms with Crippen molar-refractivity contribution in [2.24, 2.45) is 0 Å². The van der Waals surface area contributed by atoms with Gasteiger partial charge in [-0.2, -0.15) is 5.26 Å². The summed E-state index contributed by atoms with van der Waals surface area (Å²) in [6.07, 6.45) is 0. The van der Waals surface area contributed by atoms with Crippen molar-refractivity contribution in [3.8, 4) is 6.07 Å². The number of morpholine rings is 1. The molecule has 1 aromatic heterocycles. The average molecular weight is 482 g/mol. The SMILES string of the molecule is CN(C)C(=O)c1cc(CN(CC#N)c2cc(F)cc(F)c2)c2oc(N3CCOCC3)cc(=O)c2c1. The van der Waals surface area contributed by atoms with Gasteiger partial charge in [0.25, 0.3) is 5.91 Å². The molecule has 1 saturated heterocycles. The molecule has 3 aromatic rings. The molecule has 1 fully saturated rings. The van der Waals surface area contributed by atoms with Crippen molar-refractivity contribution in [3.05, 3.63) is 69.4 Å². The van der Waals surface area contributed by atoms with Gasteiger partial charge in [0.15, 0.2) is 11.3 Å². The Morgan fingerprint density at radius 3 is 2.40 bits per heavy atom. The van der Waals surface area contributed by atoms with Crippen molar-refractivity contribution in [1.82, 2.24) is 4.90 Å². The number of nitriles is 1. The van der Waals surface area contributed by atoms with Gasteiger partial charge < -0.3 is 23.9 Å². The van der Waals surface area contributed by atoms with Gasteiger partial charge in [0.2, 0.25) is 0 Å². The molecule has 0 unspecified atom stereocenters. The fraction of sp³-hybridized carbons (Fsp3) is 0.320. The van der Waals surface area contributed by atoms with Crippen LogP contribution in [0, 0.1) is 23.0 Å². The Labute approximate surface area is 200 Å². The van der Waals surface area contributed by atoms with Gasteiger partial charge in [-0.05, 0) is 24.3 Å². The Balaban J connectivity index is 1.88. The average Bonchev–Trinajstić information content (AvgIpc) is 2.83. The van der Waals surface area contributed by atoms with Crippen LogP contribution in [0.15, 0.2) is 45.6 Å². The lowest BCUT2D eigenvalue weighted by Crippen LogP contribution is -2.36. The lowest BCUT2D eigenvalue weighted by molar-refractivity contribution is 0.0827. The second-order valence-corrected chi connectivity index (χ2v) is 8.40. The monoisotopic (exact) mass is 482 g/mol. The van der Waals surface area contributed by atoms with Crippen molar-refractivity contribution >= 4 is 28.4 Å². The van der Waals surface area contributed by atoms with Crippen molar-refractivity contribution in [2.45, 2.75) is 6.54 Å². The predicted octanol–water partition coefficient (Wildman–Crippen LogP) is 3.14. The second-order valence-electron chi connectivity index (χ2n) is 8.40. The number of fused-ring (bicyclic) bond motifs is 1. The van der Waals surface area contributed by atoms with Crippen LogP contribution in [0.2, 0.25) is 0 Å². The molecule has 0 saturated carbocycles. The summed E-state index contributed by atoms with van der Waals surface area (Å²) in [4.78, 5) is 30.6. The van der Waals surface area contributed by atoms with Crippen molar-refractivity contribution in [3.63, 3.8) is 0 Å². The Morgan fingerprint density at radius 2 is 1.77 bits per heavy atom. The molecule has 4 rings (SSSR count). The third kappa shape index (κ3) is 5.25. The van der Waals surface area contributed by atoms with E-state index in [1.54, 1.807) is 20.2 Å². The second kappa shape index (κ2) is 10.1. The molecule has 0 spiro atoms. The van der Waals surface area contributed by atoms with Crippen LogP contribution in [0.4, 0.5) is 20.4 Å². The summed E-state index contributed by atoms with van der Waals surface area (Å²) in [6, 6.07) is 9.42. The number of anilines is 2. The number of ether oxygens (including phenoxy) is 1. The Bertz CT molecular complexity index is 1340. The summed E-state index contributed by atoms with van der Waals surface area (Å²) < 4.78 is 39.4.